The summed E-state index contributed by atoms with van der Waals surface area (Å²) in [5.74, 6) is 0. The highest BCUT2D eigenvalue weighted by Gasteiger charge is 2.22. The van der Waals surface area contributed by atoms with E-state index < -0.39 is 0 Å². The summed E-state index contributed by atoms with van der Waals surface area (Å²) in [4.78, 5) is 9.37. The maximum Gasteiger partial charge on any atom is 0.0445 e. The molecular formula is C17H30N4. The Hall–Kier alpha value is -1.13. The zero-order chi connectivity index (χ0) is 15.4. The van der Waals surface area contributed by atoms with Crippen LogP contribution < -0.4 is 10.2 Å². The summed E-state index contributed by atoms with van der Waals surface area (Å²) in [5.41, 5.74) is 3.74. The third kappa shape index (κ3) is 4.42. The van der Waals surface area contributed by atoms with Crippen LogP contribution in [0.4, 0.5) is 5.69 Å². The van der Waals surface area contributed by atoms with Crippen LogP contribution in [0.15, 0.2) is 12.3 Å². The molecule has 4 nitrogen and oxygen atoms in total. The Morgan fingerprint density at radius 1 is 1.38 bits per heavy atom. The first-order valence-electron chi connectivity index (χ1n) is 8.07. The molecule has 0 atom stereocenters. The second-order valence-electron chi connectivity index (χ2n) is 6.64. The summed E-state index contributed by atoms with van der Waals surface area (Å²) in [6.07, 6.45) is 4.52. The first-order chi connectivity index (χ1) is 9.97. The standard InChI is InChI=1S/C17H30N4/c1-13(2)18-11-15-12-19-14(3)10-17(15)21(5)16-6-8-20(4)9-7-16/h10,12-13,16,18H,6-9,11H2,1-5H3. The van der Waals surface area contributed by atoms with E-state index in [1.165, 1.54) is 37.2 Å². The number of hydrogen-bond donors (Lipinski definition) is 1. The minimum absolute atomic E-state index is 0.493. The quantitative estimate of drug-likeness (QED) is 0.902. The average molecular weight is 290 g/mol. The number of anilines is 1. The number of pyridine rings is 1. The number of likely N-dealkylation sites (tertiary alicyclic amines) is 1. The molecule has 4 heteroatoms. The molecule has 118 valence electrons. The van der Waals surface area contributed by atoms with Gasteiger partial charge >= 0.3 is 0 Å². The zero-order valence-corrected chi connectivity index (χ0v) is 14.2. The van der Waals surface area contributed by atoms with Crippen molar-refractivity contribution in [1.29, 1.82) is 0 Å². The van der Waals surface area contributed by atoms with Crippen LogP contribution in [0.25, 0.3) is 0 Å². The number of nitrogens with one attached hydrogen (secondary N) is 1. The molecule has 2 rings (SSSR count). The predicted molar refractivity (Wildman–Crippen MR) is 89.9 cm³/mol. The summed E-state index contributed by atoms with van der Waals surface area (Å²) in [7, 11) is 4.45. The van der Waals surface area contributed by atoms with Crippen molar-refractivity contribution in [1.82, 2.24) is 15.2 Å². The molecule has 0 amide bonds. The highest BCUT2D eigenvalue weighted by Crippen LogP contribution is 2.25. The van der Waals surface area contributed by atoms with E-state index in [-0.39, 0.29) is 0 Å². The van der Waals surface area contributed by atoms with Gasteiger partial charge in [0.25, 0.3) is 0 Å². The van der Waals surface area contributed by atoms with E-state index in [0.717, 1.165) is 12.2 Å². The molecule has 0 radical (unpaired) electrons. The van der Waals surface area contributed by atoms with Crippen LogP contribution in [0.5, 0.6) is 0 Å². The molecule has 1 N–H and O–H groups in total. The largest absolute Gasteiger partial charge is 0.371 e. The molecule has 1 aliphatic heterocycles. The van der Waals surface area contributed by atoms with Gasteiger partial charge in [-0.15, -0.1) is 0 Å². The van der Waals surface area contributed by atoms with Gasteiger partial charge in [-0.25, -0.2) is 0 Å². The van der Waals surface area contributed by atoms with Crippen molar-refractivity contribution in [2.24, 2.45) is 0 Å². The molecule has 2 heterocycles. The maximum atomic E-state index is 4.48. The van der Waals surface area contributed by atoms with Crippen LogP contribution in [-0.2, 0) is 6.54 Å². The summed E-state index contributed by atoms with van der Waals surface area (Å²) < 4.78 is 0. The Balaban J connectivity index is 2.14. The van der Waals surface area contributed by atoms with E-state index in [4.69, 9.17) is 0 Å². The first kappa shape index (κ1) is 16.2. The molecule has 1 aromatic rings. The molecule has 0 aromatic carbocycles. The number of piperidine rings is 1. The van der Waals surface area contributed by atoms with Gasteiger partial charge in [0.05, 0.1) is 0 Å². The van der Waals surface area contributed by atoms with Gasteiger partial charge in [0.2, 0.25) is 0 Å². The second kappa shape index (κ2) is 7.23. The molecular weight excluding hydrogens is 260 g/mol. The number of rotatable bonds is 5. The van der Waals surface area contributed by atoms with Crippen molar-refractivity contribution >= 4 is 5.69 Å². The fourth-order valence-electron chi connectivity index (χ4n) is 2.93. The lowest BCUT2D eigenvalue weighted by Crippen LogP contribution is -2.42. The van der Waals surface area contributed by atoms with E-state index in [0.29, 0.717) is 12.1 Å². The van der Waals surface area contributed by atoms with Gasteiger partial charge in [-0.2, -0.15) is 0 Å². The molecule has 0 unspecified atom stereocenters. The minimum atomic E-state index is 0.493. The van der Waals surface area contributed by atoms with Gasteiger partial charge in [0.15, 0.2) is 0 Å². The van der Waals surface area contributed by atoms with Gasteiger partial charge in [-0.3, -0.25) is 4.98 Å². The van der Waals surface area contributed by atoms with Crippen LogP contribution in [0.2, 0.25) is 0 Å². The van der Waals surface area contributed by atoms with Crippen LogP contribution in [-0.4, -0.2) is 49.2 Å². The van der Waals surface area contributed by atoms with Crippen molar-refractivity contribution in [3.63, 3.8) is 0 Å². The molecule has 1 saturated heterocycles. The average Bonchev–Trinajstić information content (AvgIpc) is 2.46. The number of aryl methyl sites for hydroxylation is 1. The van der Waals surface area contributed by atoms with E-state index in [2.05, 4.69) is 61.0 Å². The molecule has 0 spiro atoms. The Kier molecular flexibility index (Phi) is 5.59. The van der Waals surface area contributed by atoms with Crippen LogP contribution in [0.3, 0.4) is 0 Å². The van der Waals surface area contributed by atoms with Crippen molar-refractivity contribution in [2.45, 2.75) is 52.2 Å². The molecule has 0 bridgehead atoms. The van der Waals surface area contributed by atoms with E-state index in [9.17, 15) is 0 Å². The summed E-state index contributed by atoms with van der Waals surface area (Å²) >= 11 is 0. The molecule has 1 aromatic heterocycles. The van der Waals surface area contributed by atoms with Crippen molar-refractivity contribution in [2.75, 3.05) is 32.1 Å². The fraction of sp³-hybridized carbons (Fsp3) is 0.706. The smallest absolute Gasteiger partial charge is 0.0445 e. The lowest BCUT2D eigenvalue weighted by Gasteiger charge is -2.37. The minimum Gasteiger partial charge on any atom is -0.371 e. The predicted octanol–water partition coefficient (Wildman–Crippen LogP) is 2.42. The van der Waals surface area contributed by atoms with Crippen molar-refractivity contribution in [3.05, 3.63) is 23.5 Å². The molecule has 0 saturated carbocycles. The van der Waals surface area contributed by atoms with Crippen molar-refractivity contribution < 1.29 is 0 Å². The molecule has 0 aliphatic carbocycles. The lowest BCUT2D eigenvalue weighted by molar-refractivity contribution is 0.252. The van der Waals surface area contributed by atoms with Gasteiger partial charge in [-0.1, -0.05) is 13.8 Å². The fourth-order valence-corrected chi connectivity index (χ4v) is 2.93. The SMILES string of the molecule is Cc1cc(N(C)C2CCN(C)CC2)c(CNC(C)C)cn1. The van der Waals surface area contributed by atoms with Gasteiger partial charge in [-0.05, 0) is 46.0 Å². The van der Waals surface area contributed by atoms with Crippen LogP contribution in [0, 0.1) is 6.92 Å². The molecule has 1 fully saturated rings. The monoisotopic (exact) mass is 290 g/mol. The number of hydrogen-bond acceptors (Lipinski definition) is 4. The Morgan fingerprint density at radius 2 is 2.05 bits per heavy atom. The maximum absolute atomic E-state index is 4.48. The van der Waals surface area contributed by atoms with Gasteiger partial charge < -0.3 is 15.1 Å². The Labute approximate surface area is 129 Å². The second-order valence-corrected chi connectivity index (χ2v) is 6.64. The Bertz CT molecular complexity index is 450. The van der Waals surface area contributed by atoms with E-state index in [1.54, 1.807) is 0 Å². The zero-order valence-electron chi connectivity index (χ0n) is 14.2. The first-order valence-corrected chi connectivity index (χ1v) is 8.07. The third-order valence-corrected chi connectivity index (χ3v) is 4.42. The number of nitrogens with zero attached hydrogens (tertiary/aromatic N) is 3. The summed E-state index contributed by atoms with van der Waals surface area (Å²) in [6, 6.07) is 3.36. The highest BCUT2D eigenvalue weighted by molar-refractivity contribution is 5.54. The van der Waals surface area contributed by atoms with E-state index >= 15 is 0 Å². The topological polar surface area (TPSA) is 31.4 Å². The highest BCUT2D eigenvalue weighted by atomic mass is 15.2. The normalized spacial score (nSPS) is 17.4. The van der Waals surface area contributed by atoms with E-state index in [1.807, 2.05) is 6.20 Å². The summed E-state index contributed by atoms with van der Waals surface area (Å²) in [5, 5.41) is 3.51. The molecule has 1 aliphatic rings. The van der Waals surface area contributed by atoms with Gasteiger partial charge in [0, 0.05) is 48.8 Å². The number of aromatic nitrogens is 1. The third-order valence-electron chi connectivity index (χ3n) is 4.42. The van der Waals surface area contributed by atoms with Crippen LogP contribution >= 0.6 is 0 Å². The summed E-state index contributed by atoms with van der Waals surface area (Å²) in [6.45, 7) is 9.71. The van der Waals surface area contributed by atoms with Gasteiger partial charge in [0.1, 0.15) is 0 Å². The van der Waals surface area contributed by atoms with Crippen molar-refractivity contribution in [3.8, 4) is 0 Å². The van der Waals surface area contributed by atoms with Crippen LogP contribution in [0.1, 0.15) is 37.9 Å². The molecule has 21 heavy (non-hydrogen) atoms. The lowest BCUT2D eigenvalue weighted by atomic mass is 10.0. The Morgan fingerprint density at radius 3 is 2.67 bits per heavy atom.